The number of rotatable bonds is 43. The van der Waals surface area contributed by atoms with Gasteiger partial charge in [-0.25, -0.2) is 4.79 Å². The number of ketones is 4. The number of Topliss-reactive ketones (excluding diaryl/α,β-unsaturated/α-hetero) is 4. The molecule has 0 aliphatic carbocycles. The van der Waals surface area contributed by atoms with Gasteiger partial charge >= 0.3 is 5.97 Å². The number of aliphatic carboxylic acids is 1. The highest BCUT2D eigenvalue weighted by Crippen LogP contribution is 2.23. The monoisotopic (exact) mass is 1210 g/mol. The molecule has 0 unspecified atom stereocenters. The van der Waals surface area contributed by atoms with E-state index in [1.807, 2.05) is 163 Å². The fourth-order valence-electron chi connectivity index (χ4n) is 10.7. The van der Waals surface area contributed by atoms with Gasteiger partial charge in [-0.2, -0.15) is 0 Å². The van der Waals surface area contributed by atoms with Crippen LogP contribution in [0.5, 0.6) is 0 Å². The van der Waals surface area contributed by atoms with Crippen molar-refractivity contribution in [1.82, 2.24) is 21.3 Å². The molecule has 4 amide bonds. The van der Waals surface area contributed by atoms with E-state index in [1.54, 1.807) is 0 Å². The van der Waals surface area contributed by atoms with Gasteiger partial charge in [0.05, 0.1) is 24.2 Å². The van der Waals surface area contributed by atoms with E-state index < -0.39 is 89.3 Å². The summed E-state index contributed by atoms with van der Waals surface area (Å²) < 4.78 is 0. The number of carboxylic acids is 1. The maximum absolute atomic E-state index is 14.3. The Labute approximate surface area is 522 Å². The van der Waals surface area contributed by atoms with Crippen LogP contribution in [0.15, 0.2) is 121 Å². The first-order valence-corrected chi connectivity index (χ1v) is 31.8. The fraction of sp³-hybridized carbons (Fsp3) is 0.529. The number of benzene rings is 4. The zero-order chi connectivity index (χ0) is 65.0. The van der Waals surface area contributed by atoms with Crippen LogP contribution < -0.4 is 44.2 Å². The lowest BCUT2D eigenvalue weighted by Crippen LogP contribution is -2.48. The SMILES string of the molecule is CC.CC(C)C[C@@H](NC(=O)[C@H](CC(=O)[C@H](N)Cc1ccccc1)Cc1ccccc1)C(=O)C[C@H](CCCN)C(=O)NCCCC[C@H](NC(=O)[C@@H](CCCN)CC(=O)[C@@H](CC(C)C)NC(=O)[C@H](CC(=O)[C@H](N)Cc1ccccc1)Cc1ccccc1)C(=O)O. The van der Waals surface area contributed by atoms with Crippen LogP contribution in [-0.4, -0.2) is 108 Å². The highest BCUT2D eigenvalue weighted by atomic mass is 16.4. The van der Waals surface area contributed by atoms with Gasteiger partial charge in [0.2, 0.25) is 23.6 Å². The Bertz CT molecular complexity index is 2730. The normalized spacial score (nSPS) is 14.3. The molecule has 0 bridgehead atoms. The Morgan fingerprint density at radius 1 is 0.398 bits per heavy atom. The molecule has 0 spiro atoms. The van der Waals surface area contributed by atoms with Crippen molar-refractivity contribution in [3.63, 3.8) is 0 Å². The third-order valence-electron chi connectivity index (χ3n) is 15.5. The molecule has 18 nitrogen and oxygen atoms in total. The Morgan fingerprint density at radius 3 is 1.06 bits per heavy atom. The minimum Gasteiger partial charge on any atom is -0.480 e. The highest BCUT2D eigenvalue weighted by molar-refractivity contribution is 5.96. The lowest BCUT2D eigenvalue weighted by atomic mass is 9.88. The van der Waals surface area contributed by atoms with E-state index in [2.05, 4.69) is 21.3 Å². The quantitative estimate of drug-likeness (QED) is 0.0196. The summed E-state index contributed by atoms with van der Waals surface area (Å²) in [5.41, 5.74) is 27.9. The van der Waals surface area contributed by atoms with Crippen LogP contribution in [0.2, 0.25) is 0 Å². The zero-order valence-corrected chi connectivity index (χ0v) is 53.0. The van der Waals surface area contributed by atoms with Crippen LogP contribution in [0.4, 0.5) is 0 Å². The number of unbranched alkanes of at least 4 members (excludes halogenated alkanes) is 1. The minimum atomic E-state index is -1.33. The lowest BCUT2D eigenvalue weighted by molar-refractivity contribution is -0.143. The minimum absolute atomic E-state index is 0.00143. The molecule has 0 heterocycles. The van der Waals surface area contributed by atoms with Crippen molar-refractivity contribution < 1.29 is 48.3 Å². The molecule has 0 fully saturated rings. The van der Waals surface area contributed by atoms with Gasteiger partial charge in [0, 0.05) is 55.9 Å². The second kappa shape index (κ2) is 41.8. The molecule has 0 aliphatic heterocycles. The molecule has 4 rings (SSSR count). The van der Waals surface area contributed by atoms with Crippen molar-refractivity contribution in [3.05, 3.63) is 144 Å². The maximum Gasteiger partial charge on any atom is 0.326 e. The third kappa shape index (κ3) is 28.7. The van der Waals surface area contributed by atoms with E-state index in [4.69, 9.17) is 22.9 Å². The smallest absolute Gasteiger partial charge is 0.326 e. The molecule has 0 saturated heterocycles. The summed E-state index contributed by atoms with van der Waals surface area (Å²) in [7, 11) is 0. The molecule has 13 N–H and O–H groups in total. The maximum atomic E-state index is 14.3. The van der Waals surface area contributed by atoms with Gasteiger partial charge < -0.3 is 49.3 Å². The average molecular weight is 1220 g/mol. The summed E-state index contributed by atoms with van der Waals surface area (Å²) in [6, 6.07) is 32.3. The Kier molecular flexibility index (Phi) is 35.6. The molecule has 88 heavy (non-hydrogen) atoms. The molecule has 9 atom stereocenters. The molecular weight excluding hydrogens is 1110 g/mol. The summed E-state index contributed by atoms with van der Waals surface area (Å²) in [6.07, 6.45) is 2.73. The van der Waals surface area contributed by atoms with E-state index in [-0.39, 0.29) is 113 Å². The van der Waals surface area contributed by atoms with Gasteiger partial charge in [0.15, 0.2) is 23.1 Å². The van der Waals surface area contributed by atoms with Crippen LogP contribution in [-0.2, 0) is 68.8 Å². The van der Waals surface area contributed by atoms with Crippen molar-refractivity contribution in [2.45, 2.75) is 181 Å². The molecule has 0 aliphatic rings. The van der Waals surface area contributed by atoms with E-state index in [1.165, 1.54) is 0 Å². The first kappa shape index (κ1) is 75.0. The number of nitrogens with two attached hydrogens (primary N) is 4. The number of amides is 4. The highest BCUT2D eigenvalue weighted by Gasteiger charge is 2.35. The van der Waals surface area contributed by atoms with Crippen LogP contribution in [0.3, 0.4) is 0 Å². The second-order valence-electron chi connectivity index (χ2n) is 23.9. The van der Waals surface area contributed by atoms with E-state index in [9.17, 15) is 48.3 Å². The summed E-state index contributed by atoms with van der Waals surface area (Å²) in [4.78, 5) is 124. The summed E-state index contributed by atoms with van der Waals surface area (Å²) in [5.74, 6) is -8.09. The molecule has 4 aromatic carbocycles. The summed E-state index contributed by atoms with van der Waals surface area (Å²) >= 11 is 0. The first-order valence-electron chi connectivity index (χ1n) is 31.8. The van der Waals surface area contributed by atoms with Crippen molar-refractivity contribution in [1.29, 1.82) is 0 Å². The van der Waals surface area contributed by atoms with Crippen molar-refractivity contribution in [3.8, 4) is 0 Å². The number of hydrogen-bond donors (Lipinski definition) is 9. The van der Waals surface area contributed by atoms with Gasteiger partial charge in [-0.3, -0.25) is 38.4 Å². The predicted octanol–water partition coefficient (Wildman–Crippen LogP) is 7.34. The standard InChI is InChI=1S/C68H96N8O10.C2H6/c1-45(2)35-58(75-66(83)53(37-47-21-9-5-10-22-47)43-60(77)55(71)39-49-25-13-7-14-26-49)62(79)41-51(29-19-32-69)64(81)73-34-18-17-31-57(68(85)86)74-65(82)52(30-20-33-70)42-63(80)59(36-46(3)4)76-67(84)54(38-48-23-11-6-12-24-48)44-61(78)56(72)40-50-27-15-8-16-28-50;1-2/h5-16,21-28,45-46,51-59H,17-20,29-44,69-72H2,1-4H3,(H,73,81)(H,74,82)(H,75,83)(H,76,84)(H,85,86);1-2H3/t51-,52-,53-,54-,55+,56+,57-,58+,59+;/m0./s1. The van der Waals surface area contributed by atoms with Crippen LogP contribution in [0.25, 0.3) is 0 Å². The Balaban J connectivity index is 0.0000100. The molecule has 482 valence electrons. The van der Waals surface area contributed by atoms with E-state index in [0.29, 0.717) is 44.9 Å². The van der Waals surface area contributed by atoms with Gasteiger partial charge in [0.25, 0.3) is 0 Å². The molecular formula is C70H102N8O10. The predicted molar refractivity (Wildman–Crippen MR) is 346 cm³/mol. The largest absolute Gasteiger partial charge is 0.480 e. The van der Waals surface area contributed by atoms with Gasteiger partial charge in [-0.1, -0.05) is 163 Å². The molecule has 0 radical (unpaired) electrons. The fourth-order valence-corrected chi connectivity index (χ4v) is 10.7. The second-order valence-corrected chi connectivity index (χ2v) is 23.9. The molecule has 18 heteroatoms. The first-order chi connectivity index (χ1) is 42.2. The third-order valence-corrected chi connectivity index (χ3v) is 15.5. The average Bonchev–Trinajstić information content (AvgIpc) is 3.66. The topological polar surface area (TPSA) is 326 Å². The van der Waals surface area contributed by atoms with Crippen LogP contribution >= 0.6 is 0 Å². The number of carbonyl (C=O) groups is 9. The van der Waals surface area contributed by atoms with Crippen molar-refractivity contribution in [2.75, 3.05) is 19.6 Å². The number of carboxylic acid groups (broad SMARTS) is 1. The van der Waals surface area contributed by atoms with Crippen LogP contribution in [0, 0.1) is 35.5 Å². The number of carbonyl (C=O) groups excluding carboxylic acids is 8. The summed E-state index contributed by atoms with van der Waals surface area (Å²) in [5, 5.41) is 21.7. The van der Waals surface area contributed by atoms with E-state index >= 15 is 0 Å². The van der Waals surface area contributed by atoms with Gasteiger partial charge in [-0.05, 0) is 131 Å². The van der Waals surface area contributed by atoms with Crippen LogP contribution in [0.1, 0.15) is 147 Å². The molecule has 0 aromatic heterocycles. The Morgan fingerprint density at radius 2 is 0.716 bits per heavy atom. The lowest BCUT2D eigenvalue weighted by Gasteiger charge is -2.26. The number of hydrogen-bond acceptors (Lipinski definition) is 13. The summed E-state index contributed by atoms with van der Waals surface area (Å²) in [6.45, 7) is 12.3. The molecule has 4 aromatic rings. The number of nitrogens with one attached hydrogen (secondary N) is 4. The molecule has 0 saturated carbocycles. The van der Waals surface area contributed by atoms with E-state index in [0.717, 1.165) is 22.3 Å². The van der Waals surface area contributed by atoms with Gasteiger partial charge in [-0.15, -0.1) is 0 Å². The zero-order valence-electron chi connectivity index (χ0n) is 53.0. The van der Waals surface area contributed by atoms with Gasteiger partial charge in [0.1, 0.15) is 6.04 Å². The van der Waals surface area contributed by atoms with Crippen molar-refractivity contribution >= 4 is 52.7 Å². The Hall–Kier alpha value is -7.25. The van der Waals surface area contributed by atoms with Crippen molar-refractivity contribution in [2.24, 2.45) is 58.4 Å².